The molecule has 108 valence electrons. The number of nitrogens with zero attached hydrogens (tertiary/aromatic N) is 1. The van der Waals surface area contributed by atoms with Crippen LogP contribution in [0.1, 0.15) is 45.6 Å². The minimum atomic E-state index is 0.340. The molecule has 0 spiro atoms. The van der Waals surface area contributed by atoms with Crippen LogP contribution in [0.4, 0.5) is 0 Å². The summed E-state index contributed by atoms with van der Waals surface area (Å²) >= 11 is 0. The third kappa shape index (κ3) is 6.11. The molecular weight excluding hydrogens is 234 g/mol. The van der Waals surface area contributed by atoms with Crippen molar-refractivity contribution < 1.29 is 5.11 Å². The second-order valence-corrected chi connectivity index (χ2v) is 5.93. The summed E-state index contributed by atoms with van der Waals surface area (Å²) in [4.78, 5) is 2.50. The van der Waals surface area contributed by atoms with Gasteiger partial charge in [-0.1, -0.05) is 32.9 Å². The number of hydrogen-bond acceptors (Lipinski definition) is 2. The molecule has 19 heavy (non-hydrogen) atoms. The Hall–Kier alpha value is -1.02. The Bertz CT molecular complexity index is 345. The molecule has 0 unspecified atom stereocenters. The highest BCUT2D eigenvalue weighted by Crippen LogP contribution is 2.20. The molecule has 0 aliphatic carbocycles. The number of benzene rings is 1. The summed E-state index contributed by atoms with van der Waals surface area (Å²) in [6, 6.07) is 8.16. The standard InChI is InChI=1S/C9H19N.C8H10O/c1-8(2)7-9-5-4-6-10(9)3;1-2-7-3-5-8(9)6-4-7/h8-9H,4-7H2,1-3H3;3-6,9H,2H2,1H3/t9-;/m0./s1. The number of likely N-dealkylation sites (tertiary alicyclic amines) is 1. The molecule has 2 nitrogen and oxygen atoms in total. The van der Waals surface area contributed by atoms with Crippen LogP contribution in [0, 0.1) is 5.92 Å². The van der Waals surface area contributed by atoms with Crippen molar-refractivity contribution in [1.82, 2.24) is 4.90 Å². The first kappa shape index (κ1) is 16.0. The van der Waals surface area contributed by atoms with Crippen molar-refractivity contribution in [3.63, 3.8) is 0 Å². The van der Waals surface area contributed by atoms with Crippen LogP contribution in [-0.4, -0.2) is 29.6 Å². The molecular formula is C17H29NO. The summed E-state index contributed by atoms with van der Waals surface area (Å²) in [6.07, 6.45) is 5.25. The number of rotatable bonds is 3. The van der Waals surface area contributed by atoms with Gasteiger partial charge in [-0.05, 0) is 62.9 Å². The van der Waals surface area contributed by atoms with Gasteiger partial charge in [-0.2, -0.15) is 0 Å². The van der Waals surface area contributed by atoms with Crippen molar-refractivity contribution in [1.29, 1.82) is 0 Å². The van der Waals surface area contributed by atoms with E-state index in [4.69, 9.17) is 5.11 Å². The van der Waals surface area contributed by atoms with E-state index in [9.17, 15) is 0 Å². The molecule has 2 rings (SSSR count). The highest BCUT2D eigenvalue weighted by atomic mass is 16.3. The van der Waals surface area contributed by atoms with E-state index in [0.29, 0.717) is 5.75 Å². The van der Waals surface area contributed by atoms with E-state index >= 15 is 0 Å². The lowest BCUT2D eigenvalue weighted by Crippen LogP contribution is -2.25. The summed E-state index contributed by atoms with van der Waals surface area (Å²) in [5.41, 5.74) is 1.26. The Kier molecular flexibility index (Phi) is 6.93. The molecule has 2 heteroatoms. The molecule has 1 aliphatic heterocycles. The van der Waals surface area contributed by atoms with E-state index in [-0.39, 0.29) is 0 Å². The van der Waals surface area contributed by atoms with Crippen molar-refractivity contribution in [2.75, 3.05) is 13.6 Å². The summed E-state index contributed by atoms with van der Waals surface area (Å²) in [7, 11) is 2.25. The number of aromatic hydroxyl groups is 1. The summed E-state index contributed by atoms with van der Waals surface area (Å²) in [5, 5.41) is 8.85. The van der Waals surface area contributed by atoms with Gasteiger partial charge in [0.05, 0.1) is 0 Å². The zero-order valence-corrected chi connectivity index (χ0v) is 12.9. The van der Waals surface area contributed by atoms with E-state index in [1.165, 1.54) is 31.4 Å². The fraction of sp³-hybridized carbons (Fsp3) is 0.647. The number of phenolic OH excluding ortho intramolecular Hbond substituents is 1. The SMILES string of the molecule is CC(C)C[C@@H]1CCCN1C.CCc1ccc(O)cc1. The fourth-order valence-corrected chi connectivity index (χ4v) is 2.55. The van der Waals surface area contributed by atoms with E-state index in [1.54, 1.807) is 12.1 Å². The Balaban J connectivity index is 0.000000191. The highest BCUT2D eigenvalue weighted by molar-refractivity contribution is 5.25. The summed E-state index contributed by atoms with van der Waals surface area (Å²) < 4.78 is 0. The summed E-state index contributed by atoms with van der Waals surface area (Å²) in [5.74, 6) is 1.21. The topological polar surface area (TPSA) is 23.5 Å². The van der Waals surface area contributed by atoms with Gasteiger partial charge in [-0.15, -0.1) is 0 Å². The average Bonchev–Trinajstić information content (AvgIpc) is 2.76. The Morgan fingerprint density at radius 3 is 2.32 bits per heavy atom. The predicted octanol–water partition coefficient (Wildman–Crippen LogP) is 4.08. The summed E-state index contributed by atoms with van der Waals surface area (Å²) in [6.45, 7) is 8.03. The first-order chi connectivity index (χ1) is 9.02. The zero-order chi connectivity index (χ0) is 14.3. The van der Waals surface area contributed by atoms with Crippen molar-refractivity contribution in [2.24, 2.45) is 5.92 Å². The van der Waals surface area contributed by atoms with Gasteiger partial charge in [-0.25, -0.2) is 0 Å². The van der Waals surface area contributed by atoms with Crippen molar-refractivity contribution >= 4 is 0 Å². The number of phenols is 1. The van der Waals surface area contributed by atoms with Crippen molar-refractivity contribution in [2.45, 2.75) is 52.5 Å². The maximum absolute atomic E-state index is 8.85. The molecule has 0 amide bonds. The molecule has 1 fully saturated rings. The van der Waals surface area contributed by atoms with E-state index in [1.807, 2.05) is 12.1 Å². The largest absolute Gasteiger partial charge is 0.508 e. The van der Waals surface area contributed by atoms with Crippen molar-refractivity contribution in [3.05, 3.63) is 29.8 Å². The third-order valence-electron chi connectivity index (χ3n) is 3.76. The lowest BCUT2D eigenvalue weighted by molar-refractivity contribution is 0.272. The van der Waals surface area contributed by atoms with Gasteiger partial charge < -0.3 is 10.0 Å². The average molecular weight is 263 g/mol. The quantitative estimate of drug-likeness (QED) is 0.888. The molecule has 0 radical (unpaired) electrons. The fourth-order valence-electron chi connectivity index (χ4n) is 2.55. The van der Waals surface area contributed by atoms with E-state index in [2.05, 4.69) is 32.7 Å². The molecule has 1 aromatic rings. The molecule has 1 N–H and O–H groups in total. The van der Waals surface area contributed by atoms with Crippen LogP contribution in [0.5, 0.6) is 5.75 Å². The normalized spacial score (nSPS) is 19.3. The first-order valence-electron chi connectivity index (χ1n) is 7.51. The van der Waals surface area contributed by atoms with E-state index in [0.717, 1.165) is 18.4 Å². The van der Waals surface area contributed by atoms with Gasteiger partial charge in [0, 0.05) is 6.04 Å². The van der Waals surface area contributed by atoms with Crippen LogP contribution in [0.3, 0.4) is 0 Å². The molecule has 1 aliphatic rings. The molecule has 1 saturated heterocycles. The number of hydrogen-bond donors (Lipinski definition) is 1. The third-order valence-corrected chi connectivity index (χ3v) is 3.76. The Morgan fingerprint density at radius 1 is 1.26 bits per heavy atom. The molecule has 1 atom stereocenters. The lowest BCUT2D eigenvalue weighted by atomic mass is 10.0. The molecule has 0 aromatic heterocycles. The van der Waals surface area contributed by atoms with Crippen LogP contribution in [0.15, 0.2) is 24.3 Å². The first-order valence-corrected chi connectivity index (χ1v) is 7.51. The smallest absolute Gasteiger partial charge is 0.115 e. The van der Waals surface area contributed by atoms with Crippen LogP contribution in [-0.2, 0) is 6.42 Å². The molecule has 1 aromatic carbocycles. The van der Waals surface area contributed by atoms with Crippen LogP contribution in [0.25, 0.3) is 0 Å². The Morgan fingerprint density at radius 2 is 1.89 bits per heavy atom. The second kappa shape index (κ2) is 8.21. The highest BCUT2D eigenvalue weighted by Gasteiger charge is 2.20. The Labute approximate surface area is 118 Å². The van der Waals surface area contributed by atoms with Gasteiger partial charge in [0.2, 0.25) is 0 Å². The monoisotopic (exact) mass is 263 g/mol. The molecule has 1 heterocycles. The molecule has 0 bridgehead atoms. The maximum Gasteiger partial charge on any atom is 0.115 e. The predicted molar refractivity (Wildman–Crippen MR) is 82.6 cm³/mol. The zero-order valence-electron chi connectivity index (χ0n) is 12.9. The minimum Gasteiger partial charge on any atom is -0.508 e. The maximum atomic E-state index is 8.85. The van der Waals surface area contributed by atoms with Crippen molar-refractivity contribution in [3.8, 4) is 5.75 Å². The van der Waals surface area contributed by atoms with Gasteiger partial charge >= 0.3 is 0 Å². The van der Waals surface area contributed by atoms with Crippen LogP contribution >= 0.6 is 0 Å². The minimum absolute atomic E-state index is 0.340. The van der Waals surface area contributed by atoms with Gasteiger partial charge in [0.25, 0.3) is 0 Å². The van der Waals surface area contributed by atoms with Gasteiger partial charge in [-0.3, -0.25) is 0 Å². The second-order valence-electron chi connectivity index (χ2n) is 5.93. The van der Waals surface area contributed by atoms with Crippen LogP contribution in [0.2, 0.25) is 0 Å². The van der Waals surface area contributed by atoms with E-state index < -0.39 is 0 Å². The number of aryl methyl sites for hydroxylation is 1. The van der Waals surface area contributed by atoms with Gasteiger partial charge in [0.15, 0.2) is 0 Å². The lowest BCUT2D eigenvalue weighted by Gasteiger charge is -2.20. The van der Waals surface area contributed by atoms with Gasteiger partial charge in [0.1, 0.15) is 5.75 Å². The van der Waals surface area contributed by atoms with Crippen LogP contribution < -0.4 is 0 Å². The molecule has 0 saturated carbocycles.